The van der Waals surface area contributed by atoms with Gasteiger partial charge in [-0.25, -0.2) is 4.39 Å². The molecule has 2 unspecified atom stereocenters. The summed E-state index contributed by atoms with van der Waals surface area (Å²) in [5.74, 6) is -0.129. The Morgan fingerprint density at radius 3 is 2.81 bits per heavy atom. The van der Waals surface area contributed by atoms with Crippen molar-refractivity contribution in [3.63, 3.8) is 0 Å². The summed E-state index contributed by atoms with van der Waals surface area (Å²) in [7, 11) is 1.99. The molecule has 1 aliphatic heterocycles. The van der Waals surface area contributed by atoms with Gasteiger partial charge in [0.05, 0.1) is 5.69 Å². The van der Waals surface area contributed by atoms with Gasteiger partial charge in [0, 0.05) is 19.1 Å². The van der Waals surface area contributed by atoms with Crippen LogP contribution in [0.5, 0.6) is 0 Å². The van der Waals surface area contributed by atoms with Crippen molar-refractivity contribution in [2.24, 2.45) is 0 Å². The Morgan fingerprint density at radius 1 is 1.38 bits per heavy atom. The number of benzene rings is 1. The van der Waals surface area contributed by atoms with E-state index in [9.17, 15) is 4.39 Å². The minimum Gasteiger partial charge on any atom is -0.369 e. The minimum atomic E-state index is -0.129. The largest absolute Gasteiger partial charge is 0.369 e. The van der Waals surface area contributed by atoms with Crippen LogP contribution in [0.2, 0.25) is 0 Å². The summed E-state index contributed by atoms with van der Waals surface area (Å²) >= 11 is 0. The monoisotopic (exact) mass is 222 g/mol. The third kappa shape index (κ3) is 2.35. The van der Waals surface area contributed by atoms with E-state index in [-0.39, 0.29) is 5.82 Å². The van der Waals surface area contributed by atoms with Gasteiger partial charge in [0.25, 0.3) is 0 Å². The predicted octanol–water partition coefficient (Wildman–Crippen LogP) is 2.40. The van der Waals surface area contributed by atoms with Crippen molar-refractivity contribution in [3.05, 3.63) is 30.1 Å². The van der Waals surface area contributed by atoms with Crippen LogP contribution in [-0.4, -0.2) is 25.7 Å². The number of anilines is 1. The highest BCUT2D eigenvalue weighted by atomic mass is 19.1. The lowest BCUT2D eigenvalue weighted by Gasteiger charge is -2.36. The van der Waals surface area contributed by atoms with E-state index in [1.807, 2.05) is 19.2 Å². The number of piperidine rings is 1. The summed E-state index contributed by atoms with van der Waals surface area (Å²) in [5, 5.41) is 3.41. The molecule has 0 radical (unpaired) electrons. The number of hydrogen-bond donors (Lipinski definition) is 1. The highest BCUT2D eigenvalue weighted by molar-refractivity contribution is 5.47. The van der Waals surface area contributed by atoms with Crippen LogP contribution in [0.4, 0.5) is 10.1 Å². The molecule has 0 aliphatic carbocycles. The van der Waals surface area contributed by atoms with Crippen molar-refractivity contribution in [3.8, 4) is 0 Å². The Hall–Kier alpha value is -1.09. The Kier molecular flexibility index (Phi) is 3.44. The van der Waals surface area contributed by atoms with Crippen molar-refractivity contribution in [1.29, 1.82) is 0 Å². The standard InChI is InChI=1S/C13H19FN2/c1-10-9-11(7-8-15-10)16(2)13-6-4-3-5-12(13)14/h3-6,10-11,15H,7-9H2,1-2H3. The van der Waals surface area contributed by atoms with Gasteiger partial charge in [0.2, 0.25) is 0 Å². The minimum absolute atomic E-state index is 0.129. The first-order valence-electron chi connectivity index (χ1n) is 5.89. The van der Waals surface area contributed by atoms with Crippen molar-refractivity contribution >= 4 is 5.69 Å². The van der Waals surface area contributed by atoms with Crippen LogP contribution in [0.15, 0.2) is 24.3 Å². The summed E-state index contributed by atoms with van der Waals surface area (Å²) in [6.07, 6.45) is 2.15. The highest BCUT2D eigenvalue weighted by Gasteiger charge is 2.23. The van der Waals surface area contributed by atoms with Gasteiger partial charge >= 0.3 is 0 Å². The van der Waals surface area contributed by atoms with Gasteiger partial charge in [-0.15, -0.1) is 0 Å². The zero-order valence-electron chi connectivity index (χ0n) is 9.91. The fraction of sp³-hybridized carbons (Fsp3) is 0.538. The van der Waals surface area contributed by atoms with Crippen molar-refractivity contribution in [2.75, 3.05) is 18.5 Å². The Labute approximate surface area is 96.5 Å². The van der Waals surface area contributed by atoms with Gasteiger partial charge in [-0.2, -0.15) is 0 Å². The van der Waals surface area contributed by atoms with Crippen LogP contribution < -0.4 is 10.2 Å². The lowest BCUT2D eigenvalue weighted by molar-refractivity contribution is 0.370. The second kappa shape index (κ2) is 4.83. The van der Waals surface area contributed by atoms with Gasteiger partial charge in [0.15, 0.2) is 0 Å². The zero-order valence-corrected chi connectivity index (χ0v) is 9.91. The van der Waals surface area contributed by atoms with Crippen molar-refractivity contribution < 1.29 is 4.39 Å². The number of rotatable bonds is 2. The quantitative estimate of drug-likeness (QED) is 0.826. The molecule has 16 heavy (non-hydrogen) atoms. The van der Waals surface area contributed by atoms with E-state index in [1.54, 1.807) is 6.07 Å². The highest BCUT2D eigenvalue weighted by Crippen LogP contribution is 2.23. The van der Waals surface area contributed by atoms with Crippen LogP contribution in [0.25, 0.3) is 0 Å². The zero-order chi connectivity index (χ0) is 11.5. The van der Waals surface area contributed by atoms with E-state index in [1.165, 1.54) is 6.07 Å². The average Bonchev–Trinajstić information content (AvgIpc) is 2.29. The maximum Gasteiger partial charge on any atom is 0.146 e. The number of para-hydroxylation sites is 1. The molecular weight excluding hydrogens is 203 g/mol. The molecule has 1 aliphatic rings. The van der Waals surface area contributed by atoms with E-state index in [2.05, 4.69) is 17.1 Å². The summed E-state index contributed by atoms with van der Waals surface area (Å²) in [4.78, 5) is 2.08. The maximum absolute atomic E-state index is 13.6. The van der Waals surface area contributed by atoms with Crippen molar-refractivity contribution in [2.45, 2.75) is 31.8 Å². The number of halogens is 1. The lowest BCUT2D eigenvalue weighted by Crippen LogP contribution is -2.45. The van der Waals surface area contributed by atoms with Gasteiger partial charge in [-0.05, 0) is 38.4 Å². The molecule has 1 saturated heterocycles. The van der Waals surface area contributed by atoms with E-state index in [0.717, 1.165) is 19.4 Å². The molecule has 3 heteroatoms. The van der Waals surface area contributed by atoms with Crippen molar-refractivity contribution in [1.82, 2.24) is 5.32 Å². The number of hydrogen-bond acceptors (Lipinski definition) is 2. The summed E-state index contributed by atoms with van der Waals surface area (Å²) in [6.45, 7) is 3.20. The third-order valence-electron chi connectivity index (χ3n) is 3.38. The van der Waals surface area contributed by atoms with E-state index >= 15 is 0 Å². The summed E-state index contributed by atoms with van der Waals surface area (Å²) in [5.41, 5.74) is 0.710. The van der Waals surface area contributed by atoms with Crippen LogP contribution in [0, 0.1) is 5.82 Å². The number of nitrogens with one attached hydrogen (secondary N) is 1. The molecule has 1 fully saturated rings. The molecule has 1 heterocycles. The second-order valence-electron chi connectivity index (χ2n) is 4.60. The van der Waals surface area contributed by atoms with E-state index < -0.39 is 0 Å². The first-order chi connectivity index (χ1) is 7.68. The van der Waals surface area contributed by atoms with E-state index in [4.69, 9.17) is 0 Å². The van der Waals surface area contributed by atoms with Gasteiger partial charge < -0.3 is 10.2 Å². The average molecular weight is 222 g/mol. The Morgan fingerprint density at radius 2 is 2.12 bits per heavy atom. The SMILES string of the molecule is CC1CC(N(C)c2ccccc2F)CCN1. The smallest absolute Gasteiger partial charge is 0.146 e. The summed E-state index contributed by atoms with van der Waals surface area (Å²) in [6, 6.07) is 7.95. The molecular formula is C13H19FN2. The van der Waals surface area contributed by atoms with Crippen LogP contribution in [0.3, 0.4) is 0 Å². The third-order valence-corrected chi connectivity index (χ3v) is 3.38. The molecule has 2 rings (SSSR count). The van der Waals surface area contributed by atoms with Gasteiger partial charge in [-0.3, -0.25) is 0 Å². The normalized spacial score (nSPS) is 25.4. The fourth-order valence-electron chi connectivity index (χ4n) is 2.39. The van der Waals surface area contributed by atoms with E-state index in [0.29, 0.717) is 17.8 Å². The summed E-state index contributed by atoms with van der Waals surface area (Å²) < 4.78 is 13.6. The lowest BCUT2D eigenvalue weighted by atomic mass is 9.99. The molecule has 1 aromatic carbocycles. The first-order valence-corrected chi connectivity index (χ1v) is 5.89. The first kappa shape index (κ1) is 11.4. The molecule has 0 aromatic heterocycles. The molecule has 2 nitrogen and oxygen atoms in total. The predicted molar refractivity (Wildman–Crippen MR) is 65.3 cm³/mol. The Balaban J connectivity index is 2.12. The molecule has 0 amide bonds. The van der Waals surface area contributed by atoms with Gasteiger partial charge in [0.1, 0.15) is 5.82 Å². The molecule has 1 N–H and O–H groups in total. The molecule has 0 bridgehead atoms. The molecule has 0 spiro atoms. The molecule has 88 valence electrons. The number of nitrogens with zero attached hydrogens (tertiary/aromatic N) is 1. The second-order valence-corrected chi connectivity index (χ2v) is 4.60. The molecule has 2 atom stereocenters. The van der Waals surface area contributed by atoms with Gasteiger partial charge in [-0.1, -0.05) is 12.1 Å². The van der Waals surface area contributed by atoms with Crippen LogP contribution >= 0.6 is 0 Å². The fourth-order valence-corrected chi connectivity index (χ4v) is 2.39. The Bertz CT molecular complexity index is 354. The molecule has 0 saturated carbocycles. The molecule has 1 aromatic rings. The topological polar surface area (TPSA) is 15.3 Å². The van der Waals surface area contributed by atoms with Crippen LogP contribution in [0.1, 0.15) is 19.8 Å². The van der Waals surface area contributed by atoms with Crippen LogP contribution in [-0.2, 0) is 0 Å². The maximum atomic E-state index is 13.6.